The number of hydrogen-bond acceptors (Lipinski definition) is 6. The van der Waals surface area contributed by atoms with E-state index in [4.69, 9.17) is 4.74 Å². The van der Waals surface area contributed by atoms with Crippen LogP contribution in [0, 0.1) is 25.7 Å². The van der Waals surface area contributed by atoms with Gasteiger partial charge in [-0.25, -0.2) is 0 Å². The molecule has 2 bridgehead atoms. The quantitative estimate of drug-likeness (QED) is 0.198. The number of para-hydroxylation sites is 1. The zero-order valence-electron chi connectivity index (χ0n) is 27.3. The van der Waals surface area contributed by atoms with Crippen molar-refractivity contribution in [3.63, 3.8) is 0 Å². The van der Waals surface area contributed by atoms with E-state index in [-0.39, 0.29) is 29.6 Å². The molecule has 8 nitrogen and oxygen atoms in total. The molecule has 3 aliphatic heterocycles. The third kappa shape index (κ3) is 5.99. The first-order chi connectivity index (χ1) is 22.2. The Kier molecular flexibility index (Phi) is 10.6. The van der Waals surface area contributed by atoms with Gasteiger partial charge in [0.15, 0.2) is 0 Å². The number of thioether (sulfide) groups is 1. The number of aliphatic hydroxyl groups is 1. The van der Waals surface area contributed by atoms with Crippen molar-refractivity contribution in [3.05, 3.63) is 78.9 Å². The molecule has 0 radical (unpaired) electrons. The number of amides is 3. The van der Waals surface area contributed by atoms with Gasteiger partial charge in [0.2, 0.25) is 11.8 Å². The molecule has 5 atom stereocenters. The van der Waals surface area contributed by atoms with Gasteiger partial charge in [0.05, 0.1) is 23.2 Å². The fourth-order valence-electron chi connectivity index (χ4n) is 7.85. The Morgan fingerprint density at radius 3 is 2.33 bits per heavy atom. The summed E-state index contributed by atoms with van der Waals surface area (Å²) in [5.74, 6) is -0.763. The first kappa shape index (κ1) is 33.8. The van der Waals surface area contributed by atoms with Crippen LogP contribution in [0.2, 0.25) is 0 Å². The van der Waals surface area contributed by atoms with Gasteiger partial charge in [-0.3, -0.25) is 14.4 Å². The molecule has 1 spiro atoms. The Bertz CT molecular complexity index is 1440. The molecule has 46 heavy (non-hydrogen) atoms. The molecule has 1 N–H and O–H groups in total. The van der Waals surface area contributed by atoms with Crippen LogP contribution in [0.25, 0.3) is 0 Å². The van der Waals surface area contributed by atoms with Crippen LogP contribution in [0.5, 0.6) is 5.75 Å². The third-order valence-electron chi connectivity index (χ3n) is 9.70. The minimum absolute atomic E-state index is 0.0589. The first-order valence-corrected chi connectivity index (χ1v) is 17.3. The molecule has 0 saturated carbocycles. The van der Waals surface area contributed by atoms with Crippen LogP contribution in [0.15, 0.2) is 67.8 Å². The van der Waals surface area contributed by atoms with E-state index in [1.807, 2.05) is 63.2 Å². The number of nitrogens with zero attached hydrogens (tertiary/aromatic N) is 3. The maximum atomic E-state index is 14.9. The van der Waals surface area contributed by atoms with Crippen molar-refractivity contribution >= 4 is 40.9 Å². The minimum Gasteiger partial charge on any atom is -0.494 e. The smallest absolute Gasteiger partial charge is 0.251 e. The fraction of sp³-hybridized carbons (Fsp3) is 0.486. The molecule has 0 aliphatic carbocycles. The molecule has 3 amide bonds. The van der Waals surface area contributed by atoms with Crippen molar-refractivity contribution < 1.29 is 24.2 Å². The number of carbonyl (C=O) groups is 3. The highest BCUT2D eigenvalue weighted by molar-refractivity contribution is 8.02. The topological polar surface area (TPSA) is 90.4 Å². The molecule has 2 aromatic carbocycles. The standard InChI is InChI=1S/C37H47N3O5S/c1-6-21-38(27-15-17-28(18-16-27)45-8-3)34(42)30-29-19-20-37(46-29)31(30)35(43)40(23-10-9-11-24-41)33(37)36(44)39(22-7-2)32-25(4)13-12-14-26(32)5/h6-7,12-18,29-31,33,41H,1-2,8-11,19-24H2,3-5H3/t29-,30+,31-,33?,37?/m0/s1. The van der Waals surface area contributed by atoms with Gasteiger partial charge < -0.3 is 24.5 Å². The second kappa shape index (κ2) is 14.5. The van der Waals surface area contributed by atoms with Crippen molar-refractivity contribution in [1.29, 1.82) is 0 Å². The number of aliphatic hydroxyl groups excluding tert-OH is 1. The number of rotatable bonds is 15. The van der Waals surface area contributed by atoms with Crippen LogP contribution < -0.4 is 14.5 Å². The highest BCUT2D eigenvalue weighted by Crippen LogP contribution is 2.67. The monoisotopic (exact) mass is 645 g/mol. The van der Waals surface area contributed by atoms with Crippen LogP contribution in [0.1, 0.15) is 50.2 Å². The van der Waals surface area contributed by atoms with E-state index in [2.05, 4.69) is 13.2 Å². The van der Waals surface area contributed by atoms with E-state index in [9.17, 15) is 19.5 Å². The van der Waals surface area contributed by atoms with Crippen molar-refractivity contribution in [3.8, 4) is 5.75 Å². The molecule has 2 aromatic rings. The molecule has 3 heterocycles. The van der Waals surface area contributed by atoms with Gasteiger partial charge in [0.1, 0.15) is 11.8 Å². The Labute approximate surface area is 277 Å². The summed E-state index contributed by atoms with van der Waals surface area (Å²) in [7, 11) is 0. The van der Waals surface area contributed by atoms with E-state index < -0.39 is 22.6 Å². The molecular formula is C37H47N3O5S. The molecule has 246 valence electrons. The van der Waals surface area contributed by atoms with Gasteiger partial charge in [-0.05, 0) is 88.3 Å². The van der Waals surface area contributed by atoms with E-state index >= 15 is 0 Å². The number of anilines is 2. The largest absolute Gasteiger partial charge is 0.494 e. The lowest BCUT2D eigenvalue weighted by Crippen LogP contribution is -2.55. The van der Waals surface area contributed by atoms with Crippen molar-refractivity contribution in [2.45, 2.75) is 68.9 Å². The molecule has 3 aliphatic rings. The Morgan fingerprint density at radius 2 is 1.70 bits per heavy atom. The number of fused-ring (bicyclic) bond motifs is 1. The molecule has 3 fully saturated rings. The second-order valence-corrected chi connectivity index (χ2v) is 14.1. The lowest BCUT2D eigenvalue weighted by Gasteiger charge is -2.38. The fourth-order valence-corrected chi connectivity index (χ4v) is 10.1. The van der Waals surface area contributed by atoms with E-state index in [1.54, 1.807) is 38.6 Å². The minimum atomic E-state index is -0.704. The summed E-state index contributed by atoms with van der Waals surface area (Å²) in [6, 6.07) is 12.7. The van der Waals surface area contributed by atoms with Crippen LogP contribution in [-0.4, -0.2) is 76.6 Å². The average molecular weight is 646 g/mol. The zero-order valence-corrected chi connectivity index (χ0v) is 28.1. The van der Waals surface area contributed by atoms with Crippen LogP contribution in [-0.2, 0) is 14.4 Å². The summed E-state index contributed by atoms with van der Waals surface area (Å²) in [5, 5.41) is 9.33. The van der Waals surface area contributed by atoms with Gasteiger partial charge in [-0.1, -0.05) is 30.4 Å². The molecular weight excluding hydrogens is 598 g/mol. The van der Waals surface area contributed by atoms with Gasteiger partial charge in [0, 0.05) is 42.9 Å². The number of carbonyl (C=O) groups excluding carboxylic acids is 3. The number of ether oxygens (including phenoxy) is 1. The van der Waals surface area contributed by atoms with E-state index in [0.717, 1.165) is 41.1 Å². The van der Waals surface area contributed by atoms with Crippen molar-refractivity contribution in [2.75, 3.05) is 42.6 Å². The highest BCUT2D eigenvalue weighted by Gasteiger charge is 2.74. The highest BCUT2D eigenvalue weighted by atomic mass is 32.2. The summed E-state index contributed by atoms with van der Waals surface area (Å²) in [4.78, 5) is 49.4. The maximum Gasteiger partial charge on any atom is 0.251 e. The van der Waals surface area contributed by atoms with Gasteiger partial charge >= 0.3 is 0 Å². The summed E-state index contributed by atoms with van der Waals surface area (Å²) in [6.07, 6.45) is 6.96. The predicted octanol–water partition coefficient (Wildman–Crippen LogP) is 5.69. The van der Waals surface area contributed by atoms with Gasteiger partial charge in [-0.2, -0.15) is 0 Å². The average Bonchev–Trinajstić information content (AvgIpc) is 3.69. The Balaban J connectivity index is 1.54. The Morgan fingerprint density at radius 1 is 1.02 bits per heavy atom. The number of likely N-dealkylation sites (tertiary alicyclic amines) is 1. The summed E-state index contributed by atoms with van der Waals surface area (Å²) < 4.78 is 4.91. The number of hydrogen-bond donors (Lipinski definition) is 1. The third-order valence-corrected chi connectivity index (χ3v) is 11.7. The lowest BCUT2D eigenvalue weighted by atomic mass is 9.70. The summed E-state index contributed by atoms with van der Waals surface area (Å²) in [6.45, 7) is 15.5. The van der Waals surface area contributed by atoms with Crippen molar-refractivity contribution in [2.24, 2.45) is 11.8 Å². The SMILES string of the molecule is C=CCN(C(=O)[C@@H]1[C@@H]2CCC3(S2)C(C(=O)N(CC=C)c2c(C)cccc2C)N(CCCCCO)C(=O)[C@H]13)c1ccc(OCC)cc1. The van der Waals surface area contributed by atoms with E-state index in [0.29, 0.717) is 45.5 Å². The molecule has 0 aromatic heterocycles. The zero-order chi connectivity index (χ0) is 33.0. The number of unbranched alkanes of at least 4 members (excludes halogenated alkanes) is 2. The van der Waals surface area contributed by atoms with Crippen LogP contribution in [0.3, 0.4) is 0 Å². The molecule has 3 saturated heterocycles. The molecule has 5 rings (SSSR count). The number of benzene rings is 2. The normalized spacial score (nSPS) is 24.5. The molecule has 9 heteroatoms. The first-order valence-electron chi connectivity index (χ1n) is 16.5. The Hall–Kier alpha value is -3.56. The van der Waals surface area contributed by atoms with Gasteiger partial charge in [-0.15, -0.1) is 24.9 Å². The van der Waals surface area contributed by atoms with Crippen molar-refractivity contribution in [1.82, 2.24) is 4.90 Å². The maximum absolute atomic E-state index is 14.9. The second-order valence-electron chi connectivity index (χ2n) is 12.5. The summed E-state index contributed by atoms with van der Waals surface area (Å²) >= 11 is 1.68. The molecule has 2 unspecified atom stereocenters. The van der Waals surface area contributed by atoms with E-state index in [1.165, 1.54) is 0 Å². The lowest BCUT2D eigenvalue weighted by molar-refractivity contribution is -0.139. The predicted molar refractivity (Wildman–Crippen MR) is 185 cm³/mol. The van der Waals surface area contributed by atoms with Crippen LogP contribution >= 0.6 is 11.8 Å². The number of aryl methyl sites for hydroxylation is 2. The van der Waals surface area contributed by atoms with Gasteiger partial charge in [0.25, 0.3) is 5.91 Å². The van der Waals surface area contributed by atoms with Crippen LogP contribution in [0.4, 0.5) is 11.4 Å². The summed E-state index contributed by atoms with van der Waals surface area (Å²) in [5.41, 5.74) is 3.53.